The van der Waals surface area contributed by atoms with Gasteiger partial charge in [0.1, 0.15) is 0 Å². The molecule has 1 aromatic rings. The van der Waals surface area contributed by atoms with E-state index in [1.165, 1.54) is 36.0 Å². The van der Waals surface area contributed by atoms with Crippen LogP contribution in [0.4, 0.5) is 0 Å². The minimum atomic E-state index is 0.773. The highest BCUT2D eigenvalue weighted by Crippen LogP contribution is 2.22. The Balaban J connectivity index is 1.50. The van der Waals surface area contributed by atoms with E-state index in [9.17, 15) is 0 Å². The lowest BCUT2D eigenvalue weighted by molar-refractivity contribution is 0.000215. The van der Waals surface area contributed by atoms with E-state index in [1.54, 1.807) is 0 Å². The van der Waals surface area contributed by atoms with E-state index in [0.717, 1.165) is 38.9 Å². The van der Waals surface area contributed by atoms with E-state index in [0.29, 0.717) is 0 Å². The third kappa shape index (κ3) is 3.61. The summed E-state index contributed by atoms with van der Waals surface area (Å²) in [6.45, 7) is 7.56. The number of piperidine rings is 1. The Labute approximate surface area is 130 Å². The molecule has 2 fully saturated rings. The fourth-order valence-electron chi connectivity index (χ4n) is 3.25. The van der Waals surface area contributed by atoms with E-state index in [-0.39, 0.29) is 0 Å². The van der Waals surface area contributed by atoms with Crippen LogP contribution in [0, 0.1) is 0 Å². The molecule has 0 radical (unpaired) electrons. The largest absolute Gasteiger partial charge is 0.379 e. The van der Waals surface area contributed by atoms with Gasteiger partial charge >= 0.3 is 0 Å². The Morgan fingerprint density at radius 3 is 2.45 bits per heavy atom. The Morgan fingerprint density at radius 2 is 1.75 bits per heavy atom. The van der Waals surface area contributed by atoms with Crippen molar-refractivity contribution in [2.24, 2.45) is 0 Å². The maximum atomic E-state index is 5.45. The Hall–Kier alpha value is -0.420. The highest BCUT2D eigenvalue weighted by molar-refractivity contribution is 9.10. The molecular formula is C16H23BrN2O. The van der Waals surface area contributed by atoms with Crippen molar-refractivity contribution in [3.05, 3.63) is 34.3 Å². The molecule has 3 nitrogen and oxygen atoms in total. The number of hydrogen-bond donors (Lipinski definition) is 0. The van der Waals surface area contributed by atoms with Crippen LogP contribution in [-0.4, -0.2) is 55.2 Å². The van der Waals surface area contributed by atoms with Gasteiger partial charge in [-0.25, -0.2) is 0 Å². The second kappa shape index (κ2) is 7.03. The topological polar surface area (TPSA) is 15.7 Å². The molecule has 4 heteroatoms. The first-order chi connectivity index (χ1) is 9.83. The van der Waals surface area contributed by atoms with Gasteiger partial charge in [-0.3, -0.25) is 9.80 Å². The van der Waals surface area contributed by atoms with Gasteiger partial charge in [-0.05, 0) is 37.6 Å². The molecule has 2 saturated heterocycles. The molecule has 0 N–H and O–H groups in total. The van der Waals surface area contributed by atoms with Crippen molar-refractivity contribution in [1.82, 2.24) is 9.80 Å². The lowest BCUT2D eigenvalue weighted by atomic mass is 10.0. The van der Waals surface area contributed by atoms with Crippen LogP contribution < -0.4 is 0 Å². The molecule has 0 unspecified atom stereocenters. The van der Waals surface area contributed by atoms with Gasteiger partial charge in [0.15, 0.2) is 0 Å². The highest BCUT2D eigenvalue weighted by Gasteiger charge is 2.25. The number of benzene rings is 1. The molecule has 1 aromatic carbocycles. The zero-order chi connectivity index (χ0) is 13.8. The van der Waals surface area contributed by atoms with Crippen LogP contribution in [0.15, 0.2) is 28.7 Å². The number of hydrogen-bond acceptors (Lipinski definition) is 3. The molecule has 2 aliphatic rings. The monoisotopic (exact) mass is 338 g/mol. The van der Waals surface area contributed by atoms with Crippen molar-refractivity contribution >= 4 is 15.9 Å². The smallest absolute Gasteiger partial charge is 0.0594 e. The minimum absolute atomic E-state index is 0.773. The summed E-state index contributed by atoms with van der Waals surface area (Å²) >= 11 is 3.65. The summed E-state index contributed by atoms with van der Waals surface area (Å²) in [4.78, 5) is 5.20. The average Bonchev–Trinajstić information content (AvgIpc) is 2.51. The standard InChI is InChI=1S/C16H23BrN2O/c17-16-4-2-1-3-14(16)13-18-7-5-15(6-8-18)19-9-11-20-12-10-19/h1-4,15H,5-13H2. The zero-order valence-electron chi connectivity index (χ0n) is 11.9. The summed E-state index contributed by atoms with van der Waals surface area (Å²) in [6, 6.07) is 9.33. The van der Waals surface area contributed by atoms with E-state index in [1.807, 2.05) is 0 Å². The van der Waals surface area contributed by atoms with Gasteiger partial charge in [0, 0.05) is 30.1 Å². The van der Waals surface area contributed by atoms with Crippen LogP contribution in [0.25, 0.3) is 0 Å². The molecule has 0 spiro atoms. The molecule has 0 atom stereocenters. The number of morpholine rings is 1. The van der Waals surface area contributed by atoms with Gasteiger partial charge in [-0.1, -0.05) is 34.1 Å². The normalized spacial score (nSPS) is 23.1. The molecular weight excluding hydrogens is 316 g/mol. The summed E-state index contributed by atoms with van der Waals surface area (Å²) < 4.78 is 6.68. The molecule has 2 heterocycles. The second-order valence-corrected chi connectivity index (χ2v) is 6.60. The van der Waals surface area contributed by atoms with Gasteiger partial charge in [0.2, 0.25) is 0 Å². The first kappa shape index (κ1) is 14.5. The number of halogens is 1. The van der Waals surface area contributed by atoms with Gasteiger partial charge in [-0.15, -0.1) is 0 Å². The van der Waals surface area contributed by atoms with E-state index in [2.05, 4.69) is 50.0 Å². The molecule has 3 rings (SSSR count). The van der Waals surface area contributed by atoms with E-state index < -0.39 is 0 Å². The molecule has 20 heavy (non-hydrogen) atoms. The van der Waals surface area contributed by atoms with Crippen molar-refractivity contribution in [3.8, 4) is 0 Å². The van der Waals surface area contributed by atoms with Crippen LogP contribution in [-0.2, 0) is 11.3 Å². The lowest BCUT2D eigenvalue weighted by Gasteiger charge is -2.40. The molecule has 0 saturated carbocycles. The molecule has 0 bridgehead atoms. The molecule has 110 valence electrons. The minimum Gasteiger partial charge on any atom is -0.379 e. The summed E-state index contributed by atoms with van der Waals surface area (Å²) in [7, 11) is 0. The van der Waals surface area contributed by atoms with Gasteiger partial charge in [-0.2, -0.15) is 0 Å². The van der Waals surface area contributed by atoms with Crippen molar-refractivity contribution in [2.45, 2.75) is 25.4 Å². The van der Waals surface area contributed by atoms with Crippen LogP contribution >= 0.6 is 15.9 Å². The molecule has 0 amide bonds. The average molecular weight is 339 g/mol. The third-order valence-corrected chi connectivity index (χ3v) is 5.24. The summed E-state index contributed by atoms with van der Waals surface area (Å²) in [5, 5.41) is 0. The van der Waals surface area contributed by atoms with Crippen molar-refractivity contribution in [1.29, 1.82) is 0 Å². The number of nitrogens with zero attached hydrogens (tertiary/aromatic N) is 2. The molecule has 2 aliphatic heterocycles. The first-order valence-electron chi connectivity index (χ1n) is 7.60. The van der Waals surface area contributed by atoms with Crippen molar-refractivity contribution < 1.29 is 4.74 Å². The predicted molar refractivity (Wildman–Crippen MR) is 84.8 cm³/mol. The van der Waals surface area contributed by atoms with Gasteiger partial charge in [0.05, 0.1) is 13.2 Å². The number of likely N-dealkylation sites (tertiary alicyclic amines) is 1. The summed E-state index contributed by atoms with van der Waals surface area (Å²) in [6.07, 6.45) is 2.59. The number of ether oxygens (including phenoxy) is 1. The number of rotatable bonds is 3. The van der Waals surface area contributed by atoms with Crippen molar-refractivity contribution in [3.63, 3.8) is 0 Å². The second-order valence-electron chi connectivity index (χ2n) is 5.75. The highest BCUT2D eigenvalue weighted by atomic mass is 79.9. The predicted octanol–water partition coefficient (Wildman–Crippen LogP) is 2.75. The van der Waals surface area contributed by atoms with E-state index in [4.69, 9.17) is 4.74 Å². The van der Waals surface area contributed by atoms with Gasteiger partial charge in [0.25, 0.3) is 0 Å². The summed E-state index contributed by atoms with van der Waals surface area (Å²) in [5.41, 5.74) is 1.40. The fourth-order valence-corrected chi connectivity index (χ4v) is 3.66. The van der Waals surface area contributed by atoms with Crippen LogP contribution in [0.2, 0.25) is 0 Å². The van der Waals surface area contributed by atoms with Gasteiger partial charge < -0.3 is 4.74 Å². The van der Waals surface area contributed by atoms with Crippen LogP contribution in [0.1, 0.15) is 18.4 Å². The molecule has 0 aliphatic carbocycles. The maximum Gasteiger partial charge on any atom is 0.0594 e. The zero-order valence-corrected chi connectivity index (χ0v) is 13.5. The van der Waals surface area contributed by atoms with Crippen LogP contribution in [0.3, 0.4) is 0 Å². The first-order valence-corrected chi connectivity index (χ1v) is 8.40. The quantitative estimate of drug-likeness (QED) is 0.842. The maximum absolute atomic E-state index is 5.45. The Kier molecular flexibility index (Phi) is 5.10. The molecule has 0 aromatic heterocycles. The summed E-state index contributed by atoms with van der Waals surface area (Å²) in [5.74, 6) is 0. The lowest BCUT2D eigenvalue weighted by Crippen LogP contribution is -2.48. The Morgan fingerprint density at radius 1 is 1.05 bits per heavy atom. The third-order valence-electron chi connectivity index (χ3n) is 4.47. The fraction of sp³-hybridized carbons (Fsp3) is 0.625. The van der Waals surface area contributed by atoms with Crippen molar-refractivity contribution in [2.75, 3.05) is 39.4 Å². The van der Waals surface area contributed by atoms with Crippen LogP contribution in [0.5, 0.6) is 0 Å². The SMILES string of the molecule is Brc1ccccc1CN1CCC(N2CCOCC2)CC1. The Bertz CT molecular complexity index is 426. The van der Waals surface area contributed by atoms with E-state index >= 15 is 0 Å².